The molecule has 2 heterocycles. The summed E-state index contributed by atoms with van der Waals surface area (Å²) in [6.45, 7) is 8.89. The summed E-state index contributed by atoms with van der Waals surface area (Å²) in [7, 11) is 0. The minimum absolute atomic E-state index is 0.493. The zero-order valence-electron chi connectivity index (χ0n) is 14.1. The lowest BCUT2D eigenvalue weighted by Crippen LogP contribution is -2.34. The molecule has 3 rings (SSSR count). The van der Waals surface area contributed by atoms with Gasteiger partial charge < -0.3 is 4.57 Å². The standard InChI is InChI=1S/C19H26ClN3/c1-15(2)19-21-8-11-23(19)14-16-6-9-22(10-7-16)13-17-4-3-5-18(20)12-17/h3-5,8,11-12,15-16H,6-7,9-10,13-14H2,1-2H3. The predicted molar refractivity (Wildman–Crippen MR) is 95.8 cm³/mol. The first kappa shape index (κ1) is 16.5. The van der Waals surface area contributed by atoms with Crippen LogP contribution < -0.4 is 0 Å². The van der Waals surface area contributed by atoms with Crippen LogP contribution >= 0.6 is 11.6 Å². The molecule has 0 unspecified atom stereocenters. The zero-order valence-corrected chi connectivity index (χ0v) is 14.8. The third-order valence-corrected chi connectivity index (χ3v) is 4.96. The van der Waals surface area contributed by atoms with Crippen molar-refractivity contribution in [2.75, 3.05) is 13.1 Å². The van der Waals surface area contributed by atoms with Gasteiger partial charge in [-0.1, -0.05) is 37.6 Å². The van der Waals surface area contributed by atoms with Crippen LogP contribution in [0.1, 0.15) is 44.0 Å². The zero-order chi connectivity index (χ0) is 16.2. The second-order valence-corrected chi connectivity index (χ2v) is 7.38. The summed E-state index contributed by atoms with van der Waals surface area (Å²) in [5.74, 6) is 2.47. The fourth-order valence-corrected chi connectivity index (χ4v) is 3.69. The first-order valence-electron chi connectivity index (χ1n) is 8.59. The van der Waals surface area contributed by atoms with Gasteiger partial charge in [-0.05, 0) is 49.5 Å². The van der Waals surface area contributed by atoms with E-state index < -0.39 is 0 Å². The van der Waals surface area contributed by atoms with Crippen molar-refractivity contribution in [3.8, 4) is 0 Å². The summed E-state index contributed by atoms with van der Waals surface area (Å²) in [4.78, 5) is 7.04. The Morgan fingerprint density at radius 3 is 2.74 bits per heavy atom. The fourth-order valence-electron chi connectivity index (χ4n) is 3.47. The summed E-state index contributed by atoms with van der Waals surface area (Å²) in [5.41, 5.74) is 1.31. The predicted octanol–water partition coefficient (Wildman–Crippen LogP) is 4.57. The lowest BCUT2D eigenvalue weighted by atomic mass is 9.96. The first-order valence-corrected chi connectivity index (χ1v) is 8.97. The van der Waals surface area contributed by atoms with Gasteiger partial charge in [-0.25, -0.2) is 4.98 Å². The number of aromatic nitrogens is 2. The Hall–Kier alpha value is -1.32. The third-order valence-electron chi connectivity index (χ3n) is 4.72. The lowest BCUT2D eigenvalue weighted by molar-refractivity contribution is 0.166. The van der Waals surface area contributed by atoms with Crippen molar-refractivity contribution in [2.45, 2.75) is 45.7 Å². The number of likely N-dealkylation sites (tertiary alicyclic amines) is 1. The minimum Gasteiger partial charge on any atom is -0.334 e. The summed E-state index contributed by atoms with van der Waals surface area (Å²) in [6.07, 6.45) is 6.59. The normalized spacial score (nSPS) is 17.0. The molecule has 1 fully saturated rings. The molecule has 1 aliphatic heterocycles. The summed E-state index contributed by atoms with van der Waals surface area (Å²) >= 11 is 6.08. The summed E-state index contributed by atoms with van der Waals surface area (Å²) in [5, 5.41) is 0.832. The molecule has 1 saturated heterocycles. The Bertz CT molecular complexity index is 627. The van der Waals surface area contributed by atoms with E-state index in [0.717, 1.165) is 24.0 Å². The van der Waals surface area contributed by atoms with Gasteiger partial charge in [0.05, 0.1) is 0 Å². The SMILES string of the molecule is CC(C)c1nccn1CC1CCN(Cc2cccc(Cl)c2)CC1. The van der Waals surface area contributed by atoms with Crippen LogP contribution in [0.3, 0.4) is 0 Å². The van der Waals surface area contributed by atoms with Gasteiger partial charge in [0.2, 0.25) is 0 Å². The molecular weight excluding hydrogens is 306 g/mol. The molecule has 0 amide bonds. The van der Waals surface area contributed by atoms with E-state index in [4.69, 9.17) is 11.6 Å². The Kier molecular flexibility index (Phi) is 5.39. The van der Waals surface area contributed by atoms with Gasteiger partial charge in [0.1, 0.15) is 5.82 Å². The van der Waals surface area contributed by atoms with Gasteiger partial charge >= 0.3 is 0 Å². The molecule has 0 atom stereocenters. The highest BCUT2D eigenvalue weighted by Gasteiger charge is 2.20. The van der Waals surface area contributed by atoms with Gasteiger partial charge in [0.15, 0.2) is 0 Å². The number of hydrogen-bond donors (Lipinski definition) is 0. The number of benzene rings is 1. The van der Waals surface area contributed by atoms with Crippen LogP contribution in [-0.4, -0.2) is 27.5 Å². The van der Waals surface area contributed by atoms with Crippen molar-refractivity contribution in [3.63, 3.8) is 0 Å². The molecule has 1 aromatic heterocycles. The van der Waals surface area contributed by atoms with Crippen molar-refractivity contribution in [1.82, 2.24) is 14.5 Å². The van der Waals surface area contributed by atoms with Crippen LogP contribution in [0.4, 0.5) is 0 Å². The number of halogens is 1. The van der Waals surface area contributed by atoms with Gasteiger partial charge in [0.25, 0.3) is 0 Å². The lowest BCUT2D eigenvalue weighted by Gasteiger charge is -2.32. The molecule has 1 aliphatic rings. The van der Waals surface area contributed by atoms with Gasteiger partial charge in [-0.2, -0.15) is 0 Å². The Morgan fingerprint density at radius 2 is 2.04 bits per heavy atom. The molecule has 4 heteroatoms. The van der Waals surface area contributed by atoms with E-state index in [9.17, 15) is 0 Å². The van der Waals surface area contributed by atoms with E-state index in [1.54, 1.807) is 0 Å². The maximum Gasteiger partial charge on any atom is 0.111 e. The molecule has 2 aromatic rings. The van der Waals surface area contributed by atoms with Gasteiger partial charge in [-0.3, -0.25) is 4.90 Å². The maximum absolute atomic E-state index is 6.08. The first-order chi connectivity index (χ1) is 11.1. The van der Waals surface area contributed by atoms with Crippen molar-refractivity contribution < 1.29 is 0 Å². The third kappa shape index (κ3) is 4.36. The van der Waals surface area contributed by atoms with Gasteiger partial charge in [0, 0.05) is 36.4 Å². The number of imidazole rings is 1. The molecule has 23 heavy (non-hydrogen) atoms. The van der Waals surface area contributed by atoms with Crippen molar-refractivity contribution >= 4 is 11.6 Å². The van der Waals surface area contributed by atoms with Crippen molar-refractivity contribution in [1.29, 1.82) is 0 Å². The Balaban J connectivity index is 1.51. The minimum atomic E-state index is 0.493. The second kappa shape index (κ2) is 7.50. The van der Waals surface area contributed by atoms with Crippen molar-refractivity contribution in [3.05, 3.63) is 53.1 Å². The Morgan fingerprint density at radius 1 is 1.26 bits per heavy atom. The summed E-state index contributed by atoms with van der Waals surface area (Å²) < 4.78 is 2.35. The molecule has 0 spiro atoms. The highest BCUT2D eigenvalue weighted by Crippen LogP contribution is 2.23. The quantitative estimate of drug-likeness (QED) is 0.800. The largest absolute Gasteiger partial charge is 0.334 e. The smallest absolute Gasteiger partial charge is 0.111 e. The number of piperidine rings is 1. The van der Waals surface area contributed by atoms with Gasteiger partial charge in [-0.15, -0.1) is 0 Å². The molecule has 0 bridgehead atoms. The van der Waals surface area contributed by atoms with E-state index >= 15 is 0 Å². The van der Waals surface area contributed by atoms with E-state index in [0.29, 0.717) is 5.92 Å². The van der Waals surface area contributed by atoms with Crippen LogP contribution in [0.2, 0.25) is 5.02 Å². The number of rotatable bonds is 5. The monoisotopic (exact) mass is 331 g/mol. The molecule has 0 saturated carbocycles. The number of nitrogens with zero attached hydrogens (tertiary/aromatic N) is 3. The fraction of sp³-hybridized carbons (Fsp3) is 0.526. The molecular formula is C19H26ClN3. The average Bonchev–Trinajstić information content (AvgIpc) is 2.98. The van der Waals surface area contributed by atoms with Crippen LogP contribution in [0.25, 0.3) is 0 Å². The highest BCUT2D eigenvalue weighted by atomic mass is 35.5. The molecule has 0 aliphatic carbocycles. The van der Waals surface area contributed by atoms with E-state index in [-0.39, 0.29) is 0 Å². The molecule has 1 aromatic carbocycles. The maximum atomic E-state index is 6.08. The van der Waals surface area contributed by atoms with Crippen LogP contribution in [0.5, 0.6) is 0 Å². The topological polar surface area (TPSA) is 21.1 Å². The summed E-state index contributed by atoms with van der Waals surface area (Å²) in [6, 6.07) is 8.22. The molecule has 3 nitrogen and oxygen atoms in total. The van der Waals surface area contributed by atoms with Crippen LogP contribution in [-0.2, 0) is 13.1 Å². The molecule has 124 valence electrons. The van der Waals surface area contributed by atoms with E-state index in [1.807, 2.05) is 18.3 Å². The van der Waals surface area contributed by atoms with Crippen LogP contribution in [0.15, 0.2) is 36.7 Å². The van der Waals surface area contributed by atoms with E-state index in [1.165, 1.54) is 37.3 Å². The van der Waals surface area contributed by atoms with E-state index in [2.05, 4.69) is 46.6 Å². The number of hydrogen-bond acceptors (Lipinski definition) is 2. The molecule has 0 radical (unpaired) electrons. The second-order valence-electron chi connectivity index (χ2n) is 6.94. The highest BCUT2D eigenvalue weighted by molar-refractivity contribution is 6.30. The van der Waals surface area contributed by atoms with Crippen molar-refractivity contribution in [2.24, 2.45) is 5.92 Å². The Labute approximate surface area is 144 Å². The molecule has 0 N–H and O–H groups in total. The van der Waals surface area contributed by atoms with Crippen LogP contribution in [0, 0.1) is 5.92 Å². The average molecular weight is 332 g/mol.